The molecule has 1 aromatic heterocycles. The number of amides is 1. The number of nitrogens with one attached hydrogen (secondary N) is 1. The molecule has 1 amide bonds. The fraction of sp³-hybridized carbons (Fsp3) is 0.714. The Balaban J connectivity index is 1.59. The summed E-state index contributed by atoms with van der Waals surface area (Å²) in [5.41, 5.74) is 0. The van der Waals surface area contributed by atoms with E-state index < -0.39 is 0 Å². The Morgan fingerprint density at radius 2 is 2.16 bits per heavy atom. The van der Waals surface area contributed by atoms with E-state index in [-0.39, 0.29) is 12.5 Å². The highest BCUT2D eigenvalue weighted by Gasteiger charge is 2.21. The number of carbonyl (C=O) groups excluding carboxylic acids is 1. The maximum atomic E-state index is 11.8. The van der Waals surface area contributed by atoms with Crippen LogP contribution in [-0.2, 0) is 11.3 Å². The Kier molecular flexibility index (Phi) is 5.39. The standard InChI is InChI=1S/C14H23N3O2/c18-10-12-3-5-13(6-4-12)16-14(19)2-1-8-17-9-7-15-11-17/h7,9,11-13,18H,1-6,8,10H2,(H,16,19). The molecule has 1 fully saturated rings. The molecule has 1 aliphatic carbocycles. The maximum absolute atomic E-state index is 11.8. The SMILES string of the molecule is O=C(CCCn1ccnc1)NC1CCC(CO)CC1. The number of imidazole rings is 1. The molecule has 0 aromatic carbocycles. The van der Waals surface area contributed by atoms with Crippen LogP contribution in [-0.4, -0.2) is 33.2 Å². The average molecular weight is 265 g/mol. The zero-order chi connectivity index (χ0) is 13.5. The lowest BCUT2D eigenvalue weighted by Crippen LogP contribution is -2.38. The normalized spacial score (nSPS) is 23.2. The number of rotatable bonds is 6. The molecule has 0 atom stereocenters. The molecule has 0 saturated heterocycles. The summed E-state index contributed by atoms with van der Waals surface area (Å²) in [6.07, 6.45) is 10.9. The van der Waals surface area contributed by atoms with Gasteiger partial charge < -0.3 is 15.0 Å². The molecule has 2 N–H and O–H groups in total. The van der Waals surface area contributed by atoms with Crippen molar-refractivity contribution in [3.63, 3.8) is 0 Å². The van der Waals surface area contributed by atoms with Crippen LogP contribution >= 0.6 is 0 Å². The molecule has 0 bridgehead atoms. The molecule has 1 aromatic rings. The largest absolute Gasteiger partial charge is 0.396 e. The van der Waals surface area contributed by atoms with Crippen molar-refractivity contribution >= 4 is 5.91 Å². The van der Waals surface area contributed by atoms with E-state index in [9.17, 15) is 4.79 Å². The minimum Gasteiger partial charge on any atom is -0.396 e. The minimum absolute atomic E-state index is 0.146. The summed E-state index contributed by atoms with van der Waals surface area (Å²) < 4.78 is 1.99. The highest BCUT2D eigenvalue weighted by atomic mass is 16.3. The van der Waals surface area contributed by atoms with Gasteiger partial charge in [-0.3, -0.25) is 4.79 Å². The second-order valence-electron chi connectivity index (χ2n) is 5.37. The summed E-state index contributed by atoms with van der Waals surface area (Å²) in [6, 6.07) is 0.309. The number of hydrogen-bond acceptors (Lipinski definition) is 3. The van der Waals surface area contributed by atoms with Crippen LogP contribution in [0.1, 0.15) is 38.5 Å². The minimum atomic E-state index is 0.146. The molecule has 0 aliphatic heterocycles. The Morgan fingerprint density at radius 3 is 2.79 bits per heavy atom. The van der Waals surface area contributed by atoms with Crippen molar-refractivity contribution in [1.82, 2.24) is 14.9 Å². The Labute approximate surface area is 114 Å². The van der Waals surface area contributed by atoms with Gasteiger partial charge in [-0.05, 0) is 38.0 Å². The summed E-state index contributed by atoms with van der Waals surface area (Å²) in [5, 5.41) is 12.2. The van der Waals surface area contributed by atoms with Crippen LogP contribution in [0.5, 0.6) is 0 Å². The summed E-state index contributed by atoms with van der Waals surface area (Å²) >= 11 is 0. The third kappa shape index (κ3) is 4.67. The number of nitrogens with zero attached hydrogens (tertiary/aromatic N) is 2. The van der Waals surface area contributed by atoms with Gasteiger partial charge in [0.05, 0.1) is 6.33 Å². The van der Waals surface area contributed by atoms with E-state index in [1.54, 1.807) is 12.5 Å². The number of aryl methyl sites for hydroxylation is 1. The van der Waals surface area contributed by atoms with Gasteiger partial charge in [0.25, 0.3) is 0 Å². The number of carbonyl (C=O) groups is 1. The summed E-state index contributed by atoms with van der Waals surface area (Å²) in [5.74, 6) is 0.585. The lowest BCUT2D eigenvalue weighted by Gasteiger charge is -2.27. The van der Waals surface area contributed by atoms with Crippen molar-refractivity contribution < 1.29 is 9.90 Å². The summed E-state index contributed by atoms with van der Waals surface area (Å²) in [4.78, 5) is 15.8. The molecule has 0 radical (unpaired) electrons. The van der Waals surface area contributed by atoms with Gasteiger partial charge in [-0.25, -0.2) is 4.98 Å². The van der Waals surface area contributed by atoms with Gasteiger partial charge in [0.2, 0.25) is 5.91 Å². The van der Waals surface area contributed by atoms with Crippen LogP contribution in [0.4, 0.5) is 0 Å². The molecule has 1 heterocycles. The van der Waals surface area contributed by atoms with Gasteiger partial charge in [-0.15, -0.1) is 0 Å². The first-order chi connectivity index (χ1) is 9.28. The predicted octanol–water partition coefficient (Wildman–Crippen LogP) is 1.33. The van der Waals surface area contributed by atoms with Crippen LogP contribution in [0.15, 0.2) is 18.7 Å². The average Bonchev–Trinajstić information content (AvgIpc) is 2.93. The van der Waals surface area contributed by atoms with E-state index in [4.69, 9.17) is 5.11 Å². The van der Waals surface area contributed by atoms with Crippen LogP contribution in [0.2, 0.25) is 0 Å². The van der Waals surface area contributed by atoms with E-state index in [0.717, 1.165) is 38.6 Å². The molecule has 1 saturated carbocycles. The number of hydrogen-bond donors (Lipinski definition) is 2. The molecule has 0 spiro atoms. The van der Waals surface area contributed by atoms with Crippen LogP contribution < -0.4 is 5.32 Å². The zero-order valence-corrected chi connectivity index (χ0v) is 11.3. The van der Waals surface area contributed by atoms with Crippen LogP contribution in [0, 0.1) is 5.92 Å². The number of aromatic nitrogens is 2. The summed E-state index contributed by atoms with van der Waals surface area (Å²) in [7, 11) is 0. The number of aliphatic hydroxyl groups excluding tert-OH is 1. The van der Waals surface area contributed by atoms with Gasteiger partial charge >= 0.3 is 0 Å². The smallest absolute Gasteiger partial charge is 0.220 e. The Hall–Kier alpha value is -1.36. The van der Waals surface area contributed by atoms with Gasteiger partial charge in [0, 0.05) is 38.0 Å². The summed E-state index contributed by atoms with van der Waals surface area (Å²) in [6.45, 7) is 1.12. The second-order valence-corrected chi connectivity index (χ2v) is 5.37. The van der Waals surface area contributed by atoms with Gasteiger partial charge in [-0.1, -0.05) is 0 Å². The predicted molar refractivity (Wildman–Crippen MR) is 72.4 cm³/mol. The molecule has 19 heavy (non-hydrogen) atoms. The lowest BCUT2D eigenvalue weighted by molar-refractivity contribution is -0.122. The van der Waals surface area contributed by atoms with Crippen molar-refractivity contribution in [2.45, 2.75) is 51.1 Å². The van der Waals surface area contributed by atoms with E-state index >= 15 is 0 Å². The fourth-order valence-electron chi connectivity index (χ4n) is 2.63. The highest BCUT2D eigenvalue weighted by Crippen LogP contribution is 2.23. The molecule has 5 heteroatoms. The number of aliphatic hydroxyl groups is 1. The highest BCUT2D eigenvalue weighted by molar-refractivity contribution is 5.76. The van der Waals surface area contributed by atoms with Gasteiger partial charge in [0.1, 0.15) is 0 Å². The van der Waals surface area contributed by atoms with Crippen LogP contribution in [0.25, 0.3) is 0 Å². The van der Waals surface area contributed by atoms with E-state index in [0.29, 0.717) is 18.4 Å². The molecule has 1 aliphatic rings. The zero-order valence-electron chi connectivity index (χ0n) is 11.3. The van der Waals surface area contributed by atoms with Gasteiger partial charge in [-0.2, -0.15) is 0 Å². The molecule has 106 valence electrons. The van der Waals surface area contributed by atoms with Gasteiger partial charge in [0.15, 0.2) is 0 Å². The second kappa shape index (κ2) is 7.28. The maximum Gasteiger partial charge on any atom is 0.220 e. The quantitative estimate of drug-likeness (QED) is 0.815. The van der Waals surface area contributed by atoms with Crippen molar-refractivity contribution in [3.8, 4) is 0 Å². The van der Waals surface area contributed by atoms with Crippen molar-refractivity contribution in [2.24, 2.45) is 5.92 Å². The molecular weight excluding hydrogens is 242 g/mol. The first-order valence-electron chi connectivity index (χ1n) is 7.14. The first kappa shape index (κ1) is 14.1. The Bertz CT molecular complexity index is 370. The Morgan fingerprint density at radius 1 is 1.37 bits per heavy atom. The first-order valence-corrected chi connectivity index (χ1v) is 7.14. The van der Waals surface area contributed by atoms with E-state index in [1.807, 2.05) is 10.8 Å². The van der Waals surface area contributed by atoms with Crippen molar-refractivity contribution in [2.75, 3.05) is 6.61 Å². The van der Waals surface area contributed by atoms with E-state index in [2.05, 4.69) is 10.3 Å². The topological polar surface area (TPSA) is 67.2 Å². The molecule has 0 unspecified atom stereocenters. The lowest BCUT2D eigenvalue weighted by atomic mass is 9.86. The van der Waals surface area contributed by atoms with Crippen molar-refractivity contribution in [1.29, 1.82) is 0 Å². The third-order valence-corrected chi connectivity index (χ3v) is 3.85. The molecule has 5 nitrogen and oxygen atoms in total. The van der Waals surface area contributed by atoms with Crippen LogP contribution in [0.3, 0.4) is 0 Å². The molecular formula is C14H23N3O2. The van der Waals surface area contributed by atoms with E-state index in [1.165, 1.54) is 0 Å². The third-order valence-electron chi connectivity index (χ3n) is 3.85. The fourth-order valence-corrected chi connectivity index (χ4v) is 2.63. The molecule has 2 rings (SSSR count). The van der Waals surface area contributed by atoms with Crippen molar-refractivity contribution in [3.05, 3.63) is 18.7 Å². The monoisotopic (exact) mass is 265 g/mol.